The molecule has 1 aromatic heterocycles. The number of aromatic nitrogens is 2. The number of ether oxygens (including phenoxy) is 2. The minimum absolute atomic E-state index is 0.227. The molecule has 1 atom stereocenters. The van der Waals surface area contributed by atoms with E-state index < -0.39 is 23.7 Å². The van der Waals surface area contributed by atoms with Crippen LogP contribution in [0.3, 0.4) is 0 Å². The van der Waals surface area contributed by atoms with E-state index in [9.17, 15) is 9.59 Å². The van der Waals surface area contributed by atoms with Gasteiger partial charge in [0.05, 0.1) is 19.3 Å². The van der Waals surface area contributed by atoms with Crippen LogP contribution in [0.4, 0.5) is 4.79 Å². The zero-order valence-corrected chi connectivity index (χ0v) is 15.4. The molecular formula is C19H23N3O4. The number of hydrogen-bond acceptors (Lipinski definition) is 5. The van der Waals surface area contributed by atoms with Crippen LogP contribution < -0.4 is 0 Å². The molecular weight excluding hydrogens is 334 g/mol. The number of nitrogens with zero attached hydrogens (tertiary/aromatic N) is 2. The highest BCUT2D eigenvalue weighted by molar-refractivity contribution is 5.83. The summed E-state index contributed by atoms with van der Waals surface area (Å²) >= 11 is 0. The first-order chi connectivity index (χ1) is 12.3. The van der Waals surface area contributed by atoms with Crippen molar-refractivity contribution in [2.75, 3.05) is 7.11 Å². The van der Waals surface area contributed by atoms with Gasteiger partial charge in [-0.05, 0) is 20.8 Å². The number of carbonyl (C=O) groups excluding carboxylic acids is 2. The molecule has 0 aliphatic carbocycles. The van der Waals surface area contributed by atoms with Crippen LogP contribution in [0.1, 0.15) is 32.0 Å². The predicted molar refractivity (Wildman–Crippen MR) is 95.3 cm³/mol. The fourth-order valence-electron chi connectivity index (χ4n) is 3.02. The summed E-state index contributed by atoms with van der Waals surface area (Å²) in [5.74, 6) is -0.475. The summed E-state index contributed by atoms with van der Waals surface area (Å²) in [6, 6.07) is 8.97. The maximum atomic E-state index is 12.7. The highest BCUT2D eigenvalue weighted by atomic mass is 16.6. The van der Waals surface area contributed by atoms with Crippen LogP contribution in [-0.4, -0.2) is 45.9 Å². The van der Waals surface area contributed by atoms with E-state index in [1.54, 1.807) is 20.8 Å². The Morgan fingerprint density at radius 1 is 1.23 bits per heavy atom. The average molecular weight is 357 g/mol. The number of nitrogens with one attached hydrogen (secondary N) is 1. The first kappa shape index (κ1) is 18.0. The zero-order valence-electron chi connectivity index (χ0n) is 15.4. The number of hydrogen-bond donors (Lipinski definition) is 1. The number of fused-ring (bicyclic) bond motifs is 1. The van der Waals surface area contributed by atoms with Gasteiger partial charge in [0.2, 0.25) is 0 Å². The Bertz CT molecular complexity index is 808. The van der Waals surface area contributed by atoms with Gasteiger partial charge < -0.3 is 9.47 Å². The third kappa shape index (κ3) is 3.56. The largest absolute Gasteiger partial charge is 0.467 e. The van der Waals surface area contributed by atoms with Crippen molar-refractivity contribution in [2.24, 2.45) is 0 Å². The Labute approximate surface area is 152 Å². The number of rotatable bonds is 2. The van der Waals surface area contributed by atoms with Crippen molar-refractivity contribution in [3.8, 4) is 11.3 Å². The maximum absolute atomic E-state index is 12.7. The van der Waals surface area contributed by atoms with E-state index in [1.165, 1.54) is 12.0 Å². The van der Waals surface area contributed by atoms with Gasteiger partial charge >= 0.3 is 12.1 Å². The lowest BCUT2D eigenvalue weighted by atomic mass is 9.96. The molecule has 0 bridgehead atoms. The molecule has 1 aliphatic heterocycles. The molecule has 0 fully saturated rings. The minimum atomic E-state index is -0.744. The average Bonchev–Trinajstić information content (AvgIpc) is 3.02. The van der Waals surface area contributed by atoms with Crippen molar-refractivity contribution in [1.82, 2.24) is 15.1 Å². The van der Waals surface area contributed by atoms with Crippen LogP contribution in [0, 0.1) is 0 Å². The number of methoxy groups -OCH3 is 1. The van der Waals surface area contributed by atoms with Crippen molar-refractivity contribution in [3.05, 3.63) is 41.6 Å². The molecule has 0 saturated carbocycles. The van der Waals surface area contributed by atoms with Gasteiger partial charge in [-0.25, -0.2) is 9.59 Å². The molecule has 26 heavy (non-hydrogen) atoms. The van der Waals surface area contributed by atoms with E-state index in [1.807, 2.05) is 30.3 Å². The van der Waals surface area contributed by atoms with Gasteiger partial charge in [0.15, 0.2) is 0 Å². The van der Waals surface area contributed by atoms with Gasteiger partial charge in [0.1, 0.15) is 11.6 Å². The topological polar surface area (TPSA) is 84.5 Å². The summed E-state index contributed by atoms with van der Waals surface area (Å²) < 4.78 is 10.4. The van der Waals surface area contributed by atoms with Crippen LogP contribution in [0.2, 0.25) is 0 Å². The minimum Gasteiger partial charge on any atom is -0.467 e. The van der Waals surface area contributed by atoms with Crippen LogP contribution in [0.5, 0.6) is 0 Å². The molecule has 1 unspecified atom stereocenters. The van der Waals surface area contributed by atoms with E-state index in [0.717, 1.165) is 22.5 Å². The molecule has 2 aromatic rings. The van der Waals surface area contributed by atoms with Gasteiger partial charge in [-0.2, -0.15) is 5.10 Å². The van der Waals surface area contributed by atoms with Gasteiger partial charge in [-0.3, -0.25) is 10.00 Å². The summed E-state index contributed by atoms with van der Waals surface area (Å²) in [4.78, 5) is 26.3. The molecule has 7 heteroatoms. The van der Waals surface area contributed by atoms with Crippen molar-refractivity contribution >= 4 is 12.1 Å². The quantitative estimate of drug-likeness (QED) is 0.836. The first-order valence-electron chi connectivity index (χ1n) is 8.49. The number of esters is 1. The molecule has 1 aromatic carbocycles. The van der Waals surface area contributed by atoms with Crippen LogP contribution in [0.25, 0.3) is 11.3 Å². The summed E-state index contributed by atoms with van der Waals surface area (Å²) in [6.45, 7) is 5.60. The van der Waals surface area contributed by atoms with Gasteiger partial charge in [0, 0.05) is 23.2 Å². The second-order valence-corrected chi connectivity index (χ2v) is 7.25. The van der Waals surface area contributed by atoms with Gasteiger partial charge in [-0.15, -0.1) is 0 Å². The Balaban J connectivity index is 1.97. The van der Waals surface area contributed by atoms with Crippen LogP contribution in [-0.2, 0) is 27.2 Å². The lowest BCUT2D eigenvalue weighted by molar-refractivity contribution is -0.147. The standard InChI is InChI=1S/C19H23N3O4/c1-19(2,3)26-18(24)22-11-13-14(10-15(22)17(23)25-4)20-21-16(13)12-8-6-5-7-9-12/h5-9,15H,10-11H2,1-4H3,(H,20,21). The zero-order chi connectivity index (χ0) is 18.9. The smallest absolute Gasteiger partial charge is 0.411 e. The Hall–Kier alpha value is -2.83. The Morgan fingerprint density at radius 3 is 2.54 bits per heavy atom. The third-order valence-corrected chi connectivity index (χ3v) is 4.20. The molecule has 1 N–H and O–H groups in total. The van der Waals surface area contributed by atoms with E-state index in [4.69, 9.17) is 9.47 Å². The number of carbonyl (C=O) groups is 2. The van der Waals surface area contributed by atoms with Crippen molar-refractivity contribution < 1.29 is 19.1 Å². The fraction of sp³-hybridized carbons (Fsp3) is 0.421. The fourth-order valence-corrected chi connectivity index (χ4v) is 3.02. The highest BCUT2D eigenvalue weighted by Crippen LogP contribution is 2.31. The SMILES string of the molecule is COC(=O)C1Cc2[nH]nc(-c3ccccc3)c2CN1C(=O)OC(C)(C)C. The lowest BCUT2D eigenvalue weighted by Crippen LogP contribution is -2.50. The summed E-state index contributed by atoms with van der Waals surface area (Å²) in [5, 5.41) is 7.40. The molecule has 138 valence electrons. The third-order valence-electron chi connectivity index (χ3n) is 4.20. The second-order valence-electron chi connectivity index (χ2n) is 7.25. The number of H-pyrrole nitrogens is 1. The molecule has 0 radical (unpaired) electrons. The highest BCUT2D eigenvalue weighted by Gasteiger charge is 2.39. The Kier molecular flexibility index (Phi) is 4.71. The Morgan fingerprint density at radius 2 is 1.92 bits per heavy atom. The van der Waals surface area contributed by atoms with E-state index >= 15 is 0 Å². The maximum Gasteiger partial charge on any atom is 0.411 e. The summed E-state index contributed by atoms with van der Waals surface area (Å²) in [5.41, 5.74) is 2.79. The van der Waals surface area contributed by atoms with Crippen molar-refractivity contribution in [2.45, 2.75) is 45.4 Å². The second kappa shape index (κ2) is 6.82. The normalized spacial score (nSPS) is 16.8. The molecule has 1 aliphatic rings. The molecule has 0 saturated heterocycles. The van der Waals surface area contributed by atoms with Crippen molar-refractivity contribution in [3.63, 3.8) is 0 Å². The number of benzene rings is 1. The van der Waals surface area contributed by atoms with Gasteiger partial charge in [0.25, 0.3) is 0 Å². The van der Waals surface area contributed by atoms with Crippen LogP contribution >= 0.6 is 0 Å². The lowest BCUT2D eigenvalue weighted by Gasteiger charge is -2.35. The summed E-state index contributed by atoms with van der Waals surface area (Å²) in [7, 11) is 1.31. The van der Waals surface area contributed by atoms with Crippen molar-refractivity contribution in [1.29, 1.82) is 0 Å². The number of aromatic amines is 1. The van der Waals surface area contributed by atoms with E-state index in [-0.39, 0.29) is 6.54 Å². The molecule has 0 spiro atoms. The number of amides is 1. The monoisotopic (exact) mass is 357 g/mol. The molecule has 3 rings (SSSR count). The molecule has 7 nitrogen and oxygen atoms in total. The van der Waals surface area contributed by atoms with Crippen LogP contribution in [0.15, 0.2) is 30.3 Å². The predicted octanol–water partition coefficient (Wildman–Crippen LogP) is 2.91. The molecule has 2 heterocycles. The van der Waals surface area contributed by atoms with E-state index in [0.29, 0.717) is 6.42 Å². The summed E-state index contributed by atoms with van der Waals surface area (Å²) in [6.07, 6.45) is -0.236. The van der Waals surface area contributed by atoms with Gasteiger partial charge in [-0.1, -0.05) is 30.3 Å². The van der Waals surface area contributed by atoms with E-state index in [2.05, 4.69) is 10.2 Å². The molecule has 1 amide bonds. The first-order valence-corrected chi connectivity index (χ1v) is 8.49.